The number of benzene rings is 1. The molecule has 0 amide bonds. The summed E-state index contributed by atoms with van der Waals surface area (Å²) in [5, 5.41) is 10.8. The van der Waals surface area contributed by atoms with Crippen LogP contribution in [0.4, 0.5) is 0 Å². The molecule has 0 spiro atoms. The summed E-state index contributed by atoms with van der Waals surface area (Å²) < 4.78 is 5.35. The van der Waals surface area contributed by atoms with Crippen molar-refractivity contribution >= 4 is 11.0 Å². The maximum absolute atomic E-state index is 12.0. The van der Waals surface area contributed by atoms with Crippen molar-refractivity contribution in [3.63, 3.8) is 0 Å². The van der Waals surface area contributed by atoms with Gasteiger partial charge in [-0.15, -0.1) is 0 Å². The molecule has 0 radical (unpaired) electrons. The van der Waals surface area contributed by atoms with Gasteiger partial charge in [0.1, 0.15) is 11.3 Å². The molecule has 0 unspecified atom stereocenters. The highest BCUT2D eigenvalue weighted by molar-refractivity contribution is 5.84. The maximum atomic E-state index is 12.0. The van der Waals surface area contributed by atoms with Crippen molar-refractivity contribution in [1.82, 2.24) is 4.90 Å². The zero-order valence-electron chi connectivity index (χ0n) is 14.1. The Labute approximate surface area is 136 Å². The van der Waals surface area contributed by atoms with Crippen LogP contribution >= 0.6 is 0 Å². The highest BCUT2D eigenvalue weighted by Crippen LogP contribution is 2.31. The lowest BCUT2D eigenvalue weighted by atomic mass is 10.0. The van der Waals surface area contributed by atoms with E-state index in [1.165, 1.54) is 25.7 Å². The Morgan fingerprint density at radius 2 is 2.00 bits per heavy atom. The molecule has 1 aromatic heterocycles. The molecule has 23 heavy (non-hydrogen) atoms. The Balaban J connectivity index is 2.04. The van der Waals surface area contributed by atoms with Crippen molar-refractivity contribution in [2.75, 3.05) is 0 Å². The van der Waals surface area contributed by atoms with Crippen LogP contribution in [-0.4, -0.2) is 22.1 Å². The Hall–Kier alpha value is -1.81. The lowest BCUT2D eigenvalue weighted by molar-refractivity contribution is 0.146. The number of aryl methyl sites for hydroxylation is 1. The van der Waals surface area contributed by atoms with E-state index in [2.05, 4.69) is 18.7 Å². The molecule has 3 rings (SSSR count). The molecule has 1 aliphatic rings. The van der Waals surface area contributed by atoms with Gasteiger partial charge < -0.3 is 9.52 Å². The average molecular weight is 315 g/mol. The predicted molar refractivity (Wildman–Crippen MR) is 91.8 cm³/mol. The molecule has 4 nitrogen and oxygen atoms in total. The van der Waals surface area contributed by atoms with Crippen molar-refractivity contribution in [1.29, 1.82) is 0 Å². The van der Waals surface area contributed by atoms with Gasteiger partial charge in [-0.25, -0.2) is 4.79 Å². The van der Waals surface area contributed by atoms with Crippen LogP contribution in [0.1, 0.15) is 50.7 Å². The molecule has 124 valence electrons. The van der Waals surface area contributed by atoms with E-state index in [4.69, 9.17) is 4.42 Å². The number of rotatable bonds is 4. The van der Waals surface area contributed by atoms with Crippen molar-refractivity contribution in [2.45, 2.75) is 65.1 Å². The highest BCUT2D eigenvalue weighted by atomic mass is 16.4. The Bertz CT molecular complexity index is 757. The third kappa shape index (κ3) is 3.13. The fraction of sp³-hybridized carbons (Fsp3) is 0.526. The summed E-state index contributed by atoms with van der Waals surface area (Å²) >= 11 is 0. The summed E-state index contributed by atoms with van der Waals surface area (Å²) in [7, 11) is 0. The molecule has 1 fully saturated rings. The van der Waals surface area contributed by atoms with Gasteiger partial charge in [-0.05, 0) is 51.3 Å². The minimum absolute atomic E-state index is 0.161. The monoisotopic (exact) mass is 315 g/mol. The van der Waals surface area contributed by atoms with Crippen LogP contribution in [0.3, 0.4) is 0 Å². The zero-order valence-corrected chi connectivity index (χ0v) is 14.1. The fourth-order valence-corrected chi connectivity index (χ4v) is 3.71. The second-order valence-electron chi connectivity index (χ2n) is 6.88. The Kier molecular flexibility index (Phi) is 4.44. The van der Waals surface area contributed by atoms with Crippen molar-refractivity contribution in [3.05, 3.63) is 39.7 Å². The molecular weight excluding hydrogens is 290 g/mol. The predicted octanol–water partition coefficient (Wildman–Crippen LogP) is 3.96. The van der Waals surface area contributed by atoms with Gasteiger partial charge in [-0.3, -0.25) is 4.90 Å². The van der Waals surface area contributed by atoms with Crippen LogP contribution in [-0.2, 0) is 6.54 Å². The lowest BCUT2D eigenvalue weighted by Crippen LogP contribution is -2.38. The number of phenols is 1. The third-order valence-corrected chi connectivity index (χ3v) is 5.03. The standard InChI is InChI=1S/C19H25NO3/c1-12(2)20(15-6-4-5-7-15)11-14-10-18(22)23-19-13(3)17(21)9-8-16(14)19/h8-10,12,15,21H,4-7,11H2,1-3H3. The summed E-state index contributed by atoms with van der Waals surface area (Å²) in [6, 6.07) is 6.15. The van der Waals surface area contributed by atoms with Crippen LogP contribution in [0.2, 0.25) is 0 Å². The van der Waals surface area contributed by atoms with Gasteiger partial charge in [0, 0.05) is 35.6 Å². The summed E-state index contributed by atoms with van der Waals surface area (Å²) in [4.78, 5) is 14.5. The van der Waals surface area contributed by atoms with Gasteiger partial charge in [-0.1, -0.05) is 12.8 Å². The van der Waals surface area contributed by atoms with Crippen molar-refractivity contribution in [3.8, 4) is 5.75 Å². The number of nitrogens with zero attached hydrogens (tertiary/aromatic N) is 1. The van der Waals surface area contributed by atoms with Gasteiger partial charge in [0.2, 0.25) is 0 Å². The van der Waals surface area contributed by atoms with Crippen LogP contribution < -0.4 is 5.63 Å². The van der Waals surface area contributed by atoms with Crippen LogP contribution in [0.5, 0.6) is 5.75 Å². The Morgan fingerprint density at radius 3 is 2.65 bits per heavy atom. The number of hydrogen-bond donors (Lipinski definition) is 1. The molecule has 1 heterocycles. The molecule has 0 bridgehead atoms. The third-order valence-electron chi connectivity index (χ3n) is 5.03. The van der Waals surface area contributed by atoms with E-state index in [1.54, 1.807) is 19.1 Å². The van der Waals surface area contributed by atoms with Gasteiger partial charge in [0.25, 0.3) is 0 Å². The largest absolute Gasteiger partial charge is 0.508 e. The summed E-state index contributed by atoms with van der Waals surface area (Å²) in [6.45, 7) is 6.95. The van der Waals surface area contributed by atoms with E-state index in [0.717, 1.165) is 17.5 Å². The first-order valence-corrected chi connectivity index (χ1v) is 8.48. The van der Waals surface area contributed by atoms with Crippen molar-refractivity contribution < 1.29 is 9.52 Å². The highest BCUT2D eigenvalue weighted by Gasteiger charge is 2.25. The second-order valence-corrected chi connectivity index (χ2v) is 6.88. The normalized spacial score (nSPS) is 16.0. The molecule has 0 atom stereocenters. The van der Waals surface area contributed by atoms with E-state index in [1.807, 2.05) is 6.07 Å². The number of aromatic hydroxyl groups is 1. The van der Waals surface area contributed by atoms with Crippen molar-refractivity contribution in [2.24, 2.45) is 0 Å². The second kappa shape index (κ2) is 6.36. The SMILES string of the molecule is Cc1c(O)ccc2c(CN(C(C)C)C3CCCC3)cc(=O)oc12. The van der Waals surface area contributed by atoms with E-state index in [0.29, 0.717) is 23.2 Å². The summed E-state index contributed by atoms with van der Waals surface area (Å²) in [5.41, 5.74) is 1.76. The van der Waals surface area contributed by atoms with Crippen LogP contribution in [0.25, 0.3) is 11.0 Å². The molecule has 1 aliphatic carbocycles. The number of fused-ring (bicyclic) bond motifs is 1. The number of hydrogen-bond acceptors (Lipinski definition) is 4. The summed E-state index contributed by atoms with van der Waals surface area (Å²) in [5.74, 6) is 0.161. The van der Waals surface area contributed by atoms with E-state index < -0.39 is 0 Å². The first-order chi connectivity index (χ1) is 11.0. The zero-order chi connectivity index (χ0) is 16.6. The van der Waals surface area contributed by atoms with E-state index >= 15 is 0 Å². The maximum Gasteiger partial charge on any atom is 0.336 e. The fourth-order valence-electron chi connectivity index (χ4n) is 3.71. The minimum Gasteiger partial charge on any atom is -0.508 e. The lowest BCUT2D eigenvalue weighted by Gasteiger charge is -2.32. The molecule has 1 aromatic carbocycles. The molecular formula is C19H25NO3. The molecule has 1 N–H and O–H groups in total. The van der Waals surface area contributed by atoms with Gasteiger partial charge in [0.15, 0.2) is 0 Å². The van der Waals surface area contributed by atoms with Gasteiger partial charge in [-0.2, -0.15) is 0 Å². The first kappa shape index (κ1) is 16.1. The molecule has 2 aromatic rings. The quantitative estimate of drug-likeness (QED) is 0.868. The van der Waals surface area contributed by atoms with Crippen LogP contribution in [0, 0.1) is 6.92 Å². The van der Waals surface area contributed by atoms with E-state index in [9.17, 15) is 9.90 Å². The molecule has 1 saturated carbocycles. The summed E-state index contributed by atoms with van der Waals surface area (Å²) in [6.07, 6.45) is 5.05. The molecule has 4 heteroatoms. The average Bonchev–Trinajstić information content (AvgIpc) is 3.02. The molecule has 0 saturated heterocycles. The molecule has 0 aliphatic heterocycles. The topological polar surface area (TPSA) is 53.7 Å². The number of phenolic OH excluding ortho intramolecular Hbond substituents is 1. The van der Waals surface area contributed by atoms with Crippen LogP contribution in [0.15, 0.2) is 27.4 Å². The Morgan fingerprint density at radius 1 is 1.30 bits per heavy atom. The van der Waals surface area contributed by atoms with Gasteiger partial charge in [0.05, 0.1) is 0 Å². The van der Waals surface area contributed by atoms with Gasteiger partial charge >= 0.3 is 5.63 Å². The minimum atomic E-state index is -0.351. The van der Waals surface area contributed by atoms with E-state index in [-0.39, 0.29) is 11.4 Å². The first-order valence-electron chi connectivity index (χ1n) is 8.48. The smallest absolute Gasteiger partial charge is 0.336 e.